The van der Waals surface area contributed by atoms with Crippen molar-refractivity contribution in [3.05, 3.63) is 35.1 Å². The Kier molecular flexibility index (Phi) is 2.45. The van der Waals surface area contributed by atoms with E-state index in [0.29, 0.717) is 12.8 Å². The predicted molar refractivity (Wildman–Crippen MR) is 51.4 cm³/mol. The number of halogens is 4. The molecule has 0 heterocycles. The second-order valence-corrected chi connectivity index (χ2v) is 4.02. The van der Waals surface area contributed by atoms with E-state index in [9.17, 15) is 17.6 Å². The van der Waals surface area contributed by atoms with Crippen LogP contribution in [0.5, 0.6) is 0 Å². The second-order valence-electron chi connectivity index (χ2n) is 4.02. The van der Waals surface area contributed by atoms with Crippen LogP contribution in [0.15, 0.2) is 18.2 Å². The fraction of sp³-hybridized carbons (Fsp3) is 0.455. The molecule has 1 aliphatic rings. The smallest absolute Gasteiger partial charge is 0.310 e. The van der Waals surface area contributed by atoms with Crippen LogP contribution in [-0.2, 0) is 11.7 Å². The normalized spacial score (nSPS) is 18.6. The summed E-state index contributed by atoms with van der Waals surface area (Å²) in [7, 11) is 1.60. The molecule has 2 rings (SSSR count). The van der Waals surface area contributed by atoms with E-state index in [2.05, 4.69) is 5.32 Å². The molecule has 0 aromatic heterocycles. The van der Waals surface area contributed by atoms with Crippen molar-refractivity contribution >= 4 is 0 Å². The van der Waals surface area contributed by atoms with Crippen LogP contribution in [0.25, 0.3) is 0 Å². The van der Waals surface area contributed by atoms with Gasteiger partial charge in [-0.25, -0.2) is 4.39 Å². The van der Waals surface area contributed by atoms with Gasteiger partial charge in [0, 0.05) is 5.54 Å². The highest BCUT2D eigenvalue weighted by Crippen LogP contribution is 2.49. The fourth-order valence-electron chi connectivity index (χ4n) is 1.94. The minimum Gasteiger partial charge on any atom is -0.310 e. The van der Waals surface area contributed by atoms with Gasteiger partial charge in [-0.15, -0.1) is 0 Å². The lowest BCUT2D eigenvalue weighted by atomic mass is 9.98. The number of rotatable bonds is 2. The quantitative estimate of drug-likeness (QED) is 0.774. The van der Waals surface area contributed by atoms with Gasteiger partial charge in [-0.3, -0.25) is 0 Å². The molecule has 0 radical (unpaired) electrons. The van der Waals surface area contributed by atoms with Crippen LogP contribution < -0.4 is 5.32 Å². The van der Waals surface area contributed by atoms with Crippen molar-refractivity contribution in [2.24, 2.45) is 0 Å². The molecule has 0 atom stereocenters. The average Bonchev–Trinajstić information content (AvgIpc) is 2.96. The van der Waals surface area contributed by atoms with Gasteiger partial charge in [0.05, 0.1) is 5.56 Å². The summed E-state index contributed by atoms with van der Waals surface area (Å²) in [5, 5.41) is 2.84. The van der Waals surface area contributed by atoms with Crippen LogP contribution in [0.4, 0.5) is 17.6 Å². The van der Waals surface area contributed by atoms with Crippen molar-refractivity contribution in [1.82, 2.24) is 5.32 Å². The minimum atomic E-state index is -4.44. The summed E-state index contributed by atoms with van der Waals surface area (Å²) in [4.78, 5) is 0. The summed E-state index contributed by atoms with van der Waals surface area (Å²) in [6, 6.07) is 2.63. The van der Waals surface area contributed by atoms with Crippen LogP contribution >= 0.6 is 0 Å². The first-order chi connectivity index (χ1) is 7.39. The molecule has 0 aliphatic heterocycles. The molecule has 5 heteroatoms. The van der Waals surface area contributed by atoms with Crippen molar-refractivity contribution in [2.75, 3.05) is 7.05 Å². The van der Waals surface area contributed by atoms with E-state index in [-0.39, 0.29) is 5.56 Å². The Labute approximate surface area is 90.5 Å². The molecule has 1 nitrogen and oxygen atoms in total. The van der Waals surface area contributed by atoms with Crippen LogP contribution in [0.1, 0.15) is 24.0 Å². The molecule has 0 amide bonds. The van der Waals surface area contributed by atoms with Gasteiger partial charge in [0.2, 0.25) is 0 Å². The summed E-state index contributed by atoms with van der Waals surface area (Å²) in [6.07, 6.45) is -3.22. The lowest BCUT2D eigenvalue weighted by molar-refractivity contribution is -0.138. The molecular weight excluding hydrogens is 222 g/mol. The van der Waals surface area contributed by atoms with Gasteiger partial charge in [-0.05, 0) is 43.7 Å². The van der Waals surface area contributed by atoms with Gasteiger partial charge in [0.1, 0.15) is 5.82 Å². The number of alkyl halides is 3. The summed E-state index contributed by atoms with van der Waals surface area (Å²) in [5.74, 6) is -0.635. The zero-order valence-corrected chi connectivity index (χ0v) is 8.66. The maximum Gasteiger partial charge on any atom is 0.416 e. The van der Waals surface area contributed by atoms with Crippen molar-refractivity contribution in [1.29, 1.82) is 0 Å². The number of nitrogens with one attached hydrogen (secondary N) is 1. The Morgan fingerprint density at radius 3 is 2.31 bits per heavy atom. The Balaban J connectivity index is 2.54. The summed E-state index contributed by atoms with van der Waals surface area (Å²) < 4.78 is 51.2. The minimum absolute atomic E-state index is 0.0162. The van der Waals surface area contributed by atoms with Gasteiger partial charge in [-0.1, -0.05) is 0 Å². The molecule has 16 heavy (non-hydrogen) atoms. The Morgan fingerprint density at radius 1 is 1.25 bits per heavy atom. The molecule has 1 N–H and O–H groups in total. The van der Waals surface area contributed by atoms with Gasteiger partial charge >= 0.3 is 6.18 Å². The third-order valence-electron chi connectivity index (χ3n) is 3.03. The van der Waals surface area contributed by atoms with Crippen molar-refractivity contribution in [3.8, 4) is 0 Å². The molecule has 0 spiro atoms. The lowest BCUT2D eigenvalue weighted by Gasteiger charge is -2.20. The van der Waals surface area contributed by atoms with E-state index in [1.807, 2.05) is 0 Å². The van der Waals surface area contributed by atoms with Crippen LogP contribution in [0.3, 0.4) is 0 Å². The second kappa shape index (κ2) is 3.45. The predicted octanol–water partition coefficient (Wildman–Crippen LogP) is 3.05. The molecule has 0 saturated heterocycles. The number of benzene rings is 1. The van der Waals surface area contributed by atoms with E-state index in [1.165, 1.54) is 0 Å². The molecule has 1 aromatic rings. The van der Waals surface area contributed by atoms with E-state index in [0.717, 1.165) is 18.2 Å². The molecule has 0 unspecified atom stereocenters. The highest BCUT2D eigenvalue weighted by Gasteiger charge is 2.48. The third kappa shape index (κ3) is 1.80. The maximum absolute atomic E-state index is 13.0. The summed E-state index contributed by atoms with van der Waals surface area (Å²) in [6.45, 7) is 0. The molecule has 1 aromatic carbocycles. The SMILES string of the molecule is CNC1(c2cc(F)ccc2C(F)(F)F)CC1. The zero-order valence-electron chi connectivity index (χ0n) is 8.66. The van der Waals surface area contributed by atoms with E-state index in [4.69, 9.17) is 0 Å². The van der Waals surface area contributed by atoms with Crippen LogP contribution in [-0.4, -0.2) is 7.05 Å². The van der Waals surface area contributed by atoms with Crippen molar-refractivity contribution < 1.29 is 17.6 Å². The monoisotopic (exact) mass is 233 g/mol. The zero-order chi connectivity index (χ0) is 12.0. The maximum atomic E-state index is 13.0. The van der Waals surface area contributed by atoms with Crippen LogP contribution in [0, 0.1) is 5.82 Å². The van der Waals surface area contributed by atoms with Gasteiger partial charge in [0.25, 0.3) is 0 Å². The standard InChI is InChI=1S/C11H11F4N/c1-16-10(4-5-10)9-6-7(12)2-3-8(9)11(13,14)15/h2-3,6,16H,4-5H2,1H3. The topological polar surface area (TPSA) is 12.0 Å². The summed E-state index contributed by atoms with van der Waals surface area (Å²) in [5.41, 5.74) is -1.42. The Hall–Kier alpha value is -1.10. The van der Waals surface area contributed by atoms with Crippen molar-refractivity contribution in [3.63, 3.8) is 0 Å². The van der Waals surface area contributed by atoms with Gasteiger partial charge < -0.3 is 5.32 Å². The van der Waals surface area contributed by atoms with Gasteiger partial charge in [0.15, 0.2) is 0 Å². The highest BCUT2D eigenvalue weighted by molar-refractivity contribution is 5.39. The van der Waals surface area contributed by atoms with E-state index in [1.54, 1.807) is 7.05 Å². The first-order valence-corrected chi connectivity index (χ1v) is 4.95. The molecule has 1 aliphatic carbocycles. The molecule has 88 valence electrons. The number of hydrogen-bond acceptors (Lipinski definition) is 1. The molecular formula is C11H11F4N. The lowest BCUT2D eigenvalue weighted by Crippen LogP contribution is -2.28. The van der Waals surface area contributed by atoms with E-state index < -0.39 is 23.1 Å². The van der Waals surface area contributed by atoms with Gasteiger partial charge in [-0.2, -0.15) is 13.2 Å². The first kappa shape index (κ1) is 11.4. The molecule has 0 bridgehead atoms. The largest absolute Gasteiger partial charge is 0.416 e. The molecule has 1 saturated carbocycles. The Morgan fingerprint density at radius 2 is 1.88 bits per heavy atom. The van der Waals surface area contributed by atoms with Crippen molar-refractivity contribution in [2.45, 2.75) is 24.6 Å². The summed E-state index contributed by atoms with van der Waals surface area (Å²) >= 11 is 0. The Bertz CT molecular complexity index is 407. The average molecular weight is 233 g/mol. The fourth-order valence-corrected chi connectivity index (χ4v) is 1.94. The highest BCUT2D eigenvalue weighted by atomic mass is 19.4. The first-order valence-electron chi connectivity index (χ1n) is 4.95. The van der Waals surface area contributed by atoms with Crippen LogP contribution in [0.2, 0.25) is 0 Å². The number of hydrogen-bond donors (Lipinski definition) is 1. The molecule has 1 fully saturated rings. The van der Waals surface area contributed by atoms with E-state index >= 15 is 0 Å². The third-order valence-corrected chi connectivity index (χ3v) is 3.03.